The van der Waals surface area contributed by atoms with Gasteiger partial charge in [0.15, 0.2) is 0 Å². The van der Waals surface area contributed by atoms with Crippen molar-refractivity contribution in [1.82, 2.24) is 4.72 Å². The van der Waals surface area contributed by atoms with Gasteiger partial charge in [-0.2, -0.15) is 0 Å². The van der Waals surface area contributed by atoms with Crippen molar-refractivity contribution in [2.75, 3.05) is 6.54 Å². The molecule has 0 aromatic heterocycles. The van der Waals surface area contributed by atoms with E-state index in [-0.39, 0.29) is 11.4 Å². The van der Waals surface area contributed by atoms with Gasteiger partial charge in [-0.15, -0.1) is 0 Å². The molecule has 0 spiro atoms. The average molecular weight is 314 g/mol. The molecule has 2 rings (SSSR count). The van der Waals surface area contributed by atoms with Gasteiger partial charge in [-0.05, 0) is 29.8 Å². The third-order valence-corrected chi connectivity index (χ3v) is 4.43. The van der Waals surface area contributed by atoms with Gasteiger partial charge in [0.1, 0.15) is 6.17 Å². The van der Waals surface area contributed by atoms with E-state index in [1.54, 1.807) is 30.3 Å². The third-order valence-electron chi connectivity index (χ3n) is 2.74. The molecule has 0 heterocycles. The van der Waals surface area contributed by atoms with Crippen molar-refractivity contribution >= 4 is 21.6 Å². The average Bonchev–Trinajstić information content (AvgIpc) is 2.46. The van der Waals surface area contributed by atoms with E-state index in [9.17, 15) is 12.8 Å². The Balaban J connectivity index is 2.04. The van der Waals surface area contributed by atoms with E-state index >= 15 is 0 Å². The molecule has 1 atom stereocenters. The number of alkyl halides is 1. The van der Waals surface area contributed by atoms with E-state index in [0.29, 0.717) is 10.6 Å². The summed E-state index contributed by atoms with van der Waals surface area (Å²) in [6.45, 7) is -0.311. The quantitative estimate of drug-likeness (QED) is 0.920. The molecule has 0 radical (unpaired) electrons. The maximum Gasteiger partial charge on any atom is 0.240 e. The lowest BCUT2D eigenvalue weighted by molar-refractivity contribution is 0.343. The summed E-state index contributed by atoms with van der Waals surface area (Å²) in [7, 11) is -3.73. The largest absolute Gasteiger partial charge is 0.241 e. The van der Waals surface area contributed by atoms with Gasteiger partial charge in [0.2, 0.25) is 10.0 Å². The van der Waals surface area contributed by atoms with Gasteiger partial charge in [0, 0.05) is 11.6 Å². The van der Waals surface area contributed by atoms with Crippen molar-refractivity contribution < 1.29 is 12.8 Å². The first-order valence-electron chi connectivity index (χ1n) is 5.93. The molecule has 0 fully saturated rings. The van der Waals surface area contributed by atoms with Crippen LogP contribution in [0.2, 0.25) is 5.02 Å². The molecule has 0 saturated carbocycles. The molecule has 6 heteroatoms. The maximum absolute atomic E-state index is 13.9. The second-order valence-electron chi connectivity index (χ2n) is 4.18. The Labute approximate surface area is 122 Å². The van der Waals surface area contributed by atoms with E-state index in [4.69, 9.17) is 11.6 Å². The summed E-state index contributed by atoms with van der Waals surface area (Å²) in [5.74, 6) is 0. The molecule has 106 valence electrons. The first-order chi connectivity index (χ1) is 9.49. The standard InChI is InChI=1S/C14H13ClFNO2S/c15-12-6-8-13(9-7-12)20(18,19)17-10-14(16)11-4-2-1-3-5-11/h1-9,14,17H,10H2. The summed E-state index contributed by atoms with van der Waals surface area (Å²) >= 11 is 5.69. The van der Waals surface area contributed by atoms with Crippen LogP contribution in [-0.2, 0) is 10.0 Å². The fourth-order valence-corrected chi connectivity index (χ4v) is 2.81. The lowest BCUT2D eigenvalue weighted by Gasteiger charge is -2.10. The minimum atomic E-state index is -3.73. The molecule has 0 saturated heterocycles. The number of halogens is 2. The van der Waals surface area contributed by atoms with Crippen LogP contribution in [0.3, 0.4) is 0 Å². The van der Waals surface area contributed by atoms with Crippen molar-refractivity contribution in [3.63, 3.8) is 0 Å². The molecule has 20 heavy (non-hydrogen) atoms. The molecule has 0 aliphatic heterocycles. The Kier molecular flexibility index (Phi) is 4.75. The number of benzene rings is 2. The van der Waals surface area contributed by atoms with E-state index in [1.165, 1.54) is 24.3 Å². The first kappa shape index (κ1) is 15.0. The molecule has 0 amide bonds. The summed E-state index contributed by atoms with van der Waals surface area (Å²) in [5, 5.41) is 0.441. The van der Waals surface area contributed by atoms with E-state index in [0.717, 1.165) is 0 Å². The predicted octanol–water partition coefficient (Wildman–Crippen LogP) is 3.33. The molecule has 2 aromatic carbocycles. The summed E-state index contributed by atoms with van der Waals surface area (Å²) < 4.78 is 40.1. The molecule has 3 nitrogen and oxygen atoms in total. The van der Waals surface area contributed by atoms with E-state index < -0.39 is 16.2 Å². The highest BCUT2D eigenvalue weighted by atomic mass is 35.5. The van der Waals surface area contributed by atoms with Crippen LogP contribution >= 0.6 is 11.6 Å². The first-order valence-corrected chi connectivity index (χ1v) is 7.79. The molecular weight excluding hydrogens is 301 g/mol. The van der Waals surface area contributed by atoms with Crippen molar-refractivity contribution in [3.05, 3.63) is 65.2 Å². The van der Waals surface area contributed by atoms with Crippen molar-refractivity contribution in [3.8, 4) is 0 Å². The van der Waals surface area contributed by atoms with Crippen LogP contribution in [-0.4, -0.2) is 15.0 Å². The second kappa shape index (κ2) is 6.35. The zero-order valence-corrected chi connectivity index (χ0v) is 12.0. The van der Waals surface area contributed by atoms with Crippen LogP contribution in [0, 0.1) is 0 Å². The molecular formula is C14H13ClFNO2S. The van der Waals surface area contributed by atoms with E-state index in [1.807, 2.05) is 0 Å². The number of hydrogen-bond donors (Lipinski definition) is 1. The molecule has 2 aromatic rings. The summed E-state index contributed by atoms with van der Waals surface area (Å²) in [6, 6.07) is 14.1. The number of rotatable bonds is 5. The topological polar surface area (TPSA) is 46.2 Å². The van der Waals surface area contributed by atoms with E-state index in [2.05, 4.69) is 4.72 Å². The van der Waals surface area contributed by atoms with Crippen LogP contribution in [0.25, 0.3) is 0 Å². The number of sulfonamides is 1. The molecule has 1 unspecified atom stereocenters. The highest BCUT2D eigenvalue weighted by Crippen LogP contribution is 2.18. The van der Waals surface area contributed by atoms with Crippen molar-refractivity contribution in [2.24, 2.45) is 0 Å². The fourth-order valence-electron chi connectivity index (χ4n) is 1.66. The highest BCUT2D eigenvalue weighted by Gasteiger charge is 2.17. The Hall–Kier alpha value is -1.43. The van der Waals surface area contributed by atoms with Crippen LogP contribution in [0.1, 0.15) is 11.7 Å². The smallest absolute Gasteiger partial charge is 0.240 e. The second-order valence-corrected chi connectivity index (χ2v) is 6.39. The zero-order valence-electron chi connectivity index (χ0n) is 10.5. The predicted molar refractivity (Wildman–Crippen MR) is 76.9 cm³/mol. The number of nitrogens with one attached hydrogen (secondary N) is 1. The van der Waals surface area contributed by atoms with Crippen LogP contribution in [0.5, 0.6) is 0 Å². The molecule has 0 aliphatic carbocycles. The monoisotopic (exact) mass is 313 g/mol. The van der Waals surface area contributed by atoms with Gasteiger partial charge >= 0.3 is 0 Å². The Morgan fingerprint density at radius 2 is 1.65 bits per heavy atom. The van der Waals surface area contributed by atoms with Crippen LogP contribution in [0.4, 0.5) is 4.39 Å². The zero-order chi connectivity index (χ0) is 14.6. The van der Waals surface area contributed by atoms with Gasteiger partial charge in [0.05, 0.1) is 4.90 Å². The van der Waals surface area contributed by atoms with Gasteiger partial charge in [-0.1, -0.05) is 41.9 Å². The van der Waals surface area contributed by atoms with Gasteiger partial charge in [0.25, 0.3) is 0 Å². The lowest BCUT2D eigenvalue weighted by atomic mass is 10.1. The number of hydrogen-bond acceptors (Lipinski definition) is 2. The molecule has 0 aliphatic rings. The van der Waals surface area contributed by atoms with Crippen molar-refractivity contribution in [2.45, 2.75) is 11.1 Å². The molecule has 1 N–H and O–H groups in total. The van der Waals surface area contributed by atoms with Crippen molar-refractivity contribution in [1.29, 1.82) is 0 Å². The van der Waals surface area contributed by atoms with Crippen LogP contribution in [0.15, 0.2) is 59.5 Å². The van der Waals surface area contributed by atoms with Crippen LogP contribution < -0.4 is 4.72 Å². The summed E-state index contributed by atoms with van der Waals surface area (Å²) in [5.41, 5.74) is 0.436. The SMILES string of the molecule is O=S(=O)(NCC(F)c1ccccc1)c1ccc(Cl)cc1. The fraction of sp³-hybridized carbons (Fsp3) is 0.143. The maximum atomic E-state index is 13.9. The van der Waals surface area contributed by atoms with Gasteiger partial charge in [-0.3, -0.25) is 0 Å². The normalized spacial score (nSPS) is 13.1. The van der Waals surface area contributed by atoms with Gasteiger partial charge < -0.3 is 0 Å². The Morgan fingerprint density at radius 1 is 1.05 bits per heavy atom. The minimum Gasteiger partial charge on any atom is -0.241 e. The Bertz CT molecular complexity index is 659. The summed E-state index contributed by atoms with van der Waals surface area (Å²) in [6.07, 6.45) is -1.39. The Morgan fingerprint density at radius 3 is 2.25 bits per heavy atom. The summed E-state index contributed by atoms with van der Waals surface area (Å²) in [4.78, 5) is 0.0576. The van der Waals surface area contributed by atoms with Gasteiger partial charge in [-0.25, -0.2) is 17.5 Å². The molecule has 0 bridgehead atoms. The minimum absolute atomic E-state index is 0.0576. The lowest BCUT2D eigenvalue weighted by Crippen LogP contribution is -2.27. The highest BCUT2D eigenvalue weighted by molar-refractivity contribution is 7.89. The third kappa shape index (κ3) is 3.79.